The van der Waals surface area contributed by atoms with E-state index in [1.807, 2.05) is 0 Å². The molecule has 1 atom stereocenters. The zero-order valence-electron chi connectivity index (χ0n) is 7.22. The molecule has 1 fully saturated rings. The van der Waals surface area contributed by atoms with Crippen molar-refractivity contribution in [3.63, 3.8) is 0 Å². The molecule has 0 N–H and O–H groups in total. The van der Waals surface area contributed by atoms with E-state index >= 15 is 0 Å². The molecule has 0 heterocycles. The molecule has 0 amide bonds. The fourth-order valence-electron chi connectivity index (χ4n) is 1.62. The summed E-state index contributed by atoms with van der Waals surface area (Å²) >= 11 is 0. The van der Waals surface area contributed by atoms with Gasteiger partial charge in [-0.2, -0.15) is 0 Å². The number of carbonyl (C=O) groups excluding carboxylic acids is 1. The fraction of sp³-hybridized carbons (Fsp3) is 0.778. The normalized spacial score (nSPS) is 26.5. The van der Waals surface area contributed by atoms with Crippen LogP contribution in [-0.4, -0.2) is 13.1 Å². The van der Waals surface area contributed by atoms with Crippen LogP contribution in [0.1, 0.15) is 32.6 Å². The first-order chi connectivity index (χ1) is 5.25. The van der Waals surface area contributed by atoms with Gasteiger partial charge in [0, 0.05) is 0 Å². The lowest BCUT2D eigenvalue weighted by Crippen LogP contribution is -2.24. The summed E-state index contributed by atoms with van der Waals surface area (Å²) < 4.78 is 4.68. The Labute approximate surface area is 67.9 Å². The van der Waals surface area contributed by atoms with Crippen LogP contribution in [0, 0.1) is 11.8 Å². The van der Waals surface area contributed by atoms with Crippen LogP contribution >= 0.6 is 0 Å². The fourth-order valence-corrected chi connectivity index (χ4v) is 1.62. The highest BCUT2D eigenvalue weighted by Crippen LogP contribution is 2.31. The SMILES string of the molecule is COC(=O)[C]1CCCCC1C. The van der Waals surface area contributed by atoms with Crippen molar-refractivity contribution in [3.05, 3.63) is 5.92 Å². The van der Waals surface area contributed by atoms with Crippen LogP contribution in [-0.2, 0) is 9.53 Å². The van der Waals surface area contributed by atoms with Crippen molar-refractivity contribution in [1.29, 1.82) is 0 Å². The van der Waals surface area contributed by atoms with Gasteiger partial charge in [0.05, 0.1) is 13.0 Å². The largest absolute Gasteiger partial charge is 0.469 e. The Balaban J connectivity index is 2.47. The van der Waals surface area contributed by atoms with Gasteiger partial charge in [-0.1, -0.05) is 19.8 Å². The molecule has 0 saturated heterocycles. The molecule has 2 nitrogen and oxygen atoms in total. The second-order valence-electron chi connectivity index (χ2n) is 3.16. The Hall–Kier alpha value is -0.530. The van der Waals surface area contributed by atoms with Crippen molar-refractivity contribution in [2.45, 2.75) is 32.6 Å². The maximum absolute atomic E-state index is 11.1. The van der Waals surface area contributed by atoms with Crippen LogP contribution in [0.5, 0.6) is 0 Å². The number of rotatable bonds is 1. The van der Waals surface area contributed by atoms with Crippen LogP contribution < -0.4 is 0 Å². The average Bonchev–Trinajstić information content (AvgIpc) is 2.04. The van der Waals surface area contributed by atoms with Crippen molar-refractivity contribution >= 4 is 5.97 Å². The lowest BCUT2D eigenvalue weighted by molar-refractivity contribution is -0.139. The molecule has 0 aliphatic heterocycles. The first-order valence-electron chi connectivity index (χ1n) is 4.19. The maximum atomic E-state index is 11.1. The van der Waals surface area contributed by atoms with Crippen LogP contribution in [0.25, 0.3) is 0 Å². The lowest BCUT2D eigenvalue weighted by Gasteiger charge is -2.25. The van der Waals surface area contributed by atoms with Crippen molar-refractivity contribution in [3.8, 4) is 0 Å². The molecule has 0 aromatic rings. The smallest absolute Gasteiger partial charge is 0.313 e. The molecule has 11 heavy (non-hydrogen) atoms. The average molecular weight is 155 g/mol. The van der Waals surface area contributed by atoms with Crippen molar-refractivity contribution in [2.24, 2.45) is 5.92 Å². The standard InChI is InChI=1S/C9H15O2/c1-7-5-3-4-6-8(7)9(10)11-2/h7H,3-6H2,1-2H3. The lowest BCUT2D eigenvalue weighted by atomic mass is 9.80. The highest BCUT2D eigenvalue weighted by atomic mass is 16.5. The molecule has 1 rings (SSSR count). The van der Waals surface area contributed by atoms with Gasteiger partial charge in [-0.25, -0.2) is 0 Å². The zero-order chi connectivity index (χ0) is 8.27. The second kappa shape index (κ2) is 3.74. The minimum atomic E-state index is -0.0998. The molecule has 2 heteroatoms. The first-order valence-corrected chi connectivity index (χ1v) is 4.19. The molecule has 1 aliphatic rings. The van der Waals surface area contributed by atoms with E-state index in [1.165, 1.54) is 13.5 Å². The van der Waals surface area contributed by atoms with Gasteiger partial charge in [0.15, 0.2) is 0 Å². The van der Waals surface area contributed by atoms with Crippen LogP contribution in [0.2, 0.25) is 0 Å². The van der Waals surface area contributed by atoms with Gasteiger partial charge in [0.1, 0.15) is 0 Å². The summed E-state index contributed by atoms with van der Waals surface area (Å²) in [6.07, 6.45) is 4.48. The molecule has 1 radical (unpaired) electrons. The van der Waals surface area contributed by atoms with Gasteiger partial charge in [0.2, 0.25) is 0 Å². The third-order valence-electron chi connectivity index (χ3n) is 2.38. The molecule has 0 spiro atoms. The zero-order valence-corrected chi connectivity index (χ0v) is 7.22. The Bertz CT molecular complexity index is 142. The molecule has 0 aromatic heterocycles. The van der Waals surface area contributed by atoms with E-state index in [9.17, 15) is 4.79 Å². The third-order valence-corrected chi connectivity index (χ3v) is 2.38. The van der Waals surface area contributed by atoms with E-state index in [1.54, 1.807) is 0 Å². The molecule has 63 valence electrons. The van der Waals surface area contributed by atoms with Crippen molar-refractivity contribution < 1.29 is 9.53 Å². The number of esters is 1. The van der Waals surface area contributed by atoms with Gasteiger partial charge in [-0.3, -0.25) is 4.79 Å². The summed E-state index contributed by atoms with van der Waals surface area (Å²) in [6.45, 7) is 2.10. The Morgan fingerprint density at radius 3 is 2.82 bits per heavy atom. The quantitative estimate of drug-likeness (QED) is 0.541. The van der Waals surface area contributed by atoms with Gasteiger partial charge in [-0.15, -0.1) is 0 Å². The molecule has 0 aromatic carbocycles. The first kappa shape index (κ1) is 8.57. The second-order valence-corrected chi connectivity index (χ2v) is 3.16. The minimum Gasteiger partial charge on any atom is -0.469 e. The Morgan fingerprint density at radius 2 is 2.27 bits per heavy atom. The topological polar surface area (TPSA) is 26.3 Å². The van der Waals surface area contributed by atoms with E-state index in [4.69, 9.17) is 0 Å². The van der Waals surface area contributed by atoms with Gasteiger partial charge < -0.3 is 4.74 Å². The number of hydrogen-bond donors (Lipinski definition) is 0. The molecular formula is C9H15O2. The van der Waals surface area contributed by atoms with Crippen LogP contribution in [0.15, 0.2) is 0 Å². The summed E-state index contributed by atoms with van der Waals surface area (Å²) in [6, 6.07) is 0. The molecule has 1 saturated carbocycles. The highest BCUT2D eigenvalue weighted by Gasteiger charge is 2.28. The van der Waals surface area contributed by atoms with Crippen LogP contribution in [0.4, 0.5) is 0 Å². The summed E-state index contributed by atoms with van der Waals surface area (Å²) in [4.78, 5) is 11.1. The van der Waals surface area contributed by atoms with E-state index in [-0.39, 0.29) is 5.97 Å². The highest BCUT2D eigenvalue weighted by molar-refractivity contribution is 5.85. The number of methoxy groups -OCH3 is 1. The van der Waals surface area contributed by atoms with E-state index in [0.29, 0.717) is 5.92 Å². The maximum Gasteiger partial charge on any atom is 0.313 e. The number of hydrogen-bond acceptors (Lipinski definition) is 2. The predicted molar refractivity (Wildman–Crippen MR) is 42.9 cm³/mol. The summed E-state index contributed by atoms with van der Waals surface area (Å²) in [7, 11) is 1.46. The van der Waals surface area contributed by atoms with Crippen molar-refractivity contribution in [1.82, 2.24) is 0 Å². The summed E-state index contributed by atoms with van der Waals surface area (Å²) in [5.74, 6) is 1.33. The Kier molecular flexibility index (Phi) is 2.92. The Morgan fingerprint density at radius 1 is 1.55 bits per heavy atom. The molecule has 1 aliphatic carbocycles. The van der Waals surface area contributed by atoms with E-state index in [0.717, 1.165) is 25.2 Å². The predicted octanol–water partition coefficient (Wildman–Crippen LogP) is 1.94. The molecular weight excluding hydrogens is 140 g/mol. The van der Waals surface area contributed by atoms with Gasteiger partial charge in [-0.05, 0) is 18.8 Å². The number of carbonyl (C=O) groups is 1. The van der Waals surface area contributed by atoms with Crippen molar-refractivity contribution in [2.75, 3.05) is 7.11 Å². The summed E-state index contributed by atoms with van der Waals surface area (Å²) in [5.41, 5.74) is 0. The van der Waals surface area contributed by atoms with E-state index in [2.05, 4.69) is 11.7 Å². The van der Waals surface area contributed by atoms with Crippen LogP contribution in [0.3, 0.4) is 0 Å². The summed E-state index contributed by atoms with van der Waals surface area (Å²) in [5, 5.41) is 0. The van der Waals surface area contributed by atoms with Gasteiger partial charge >= 0.3 is 5.97 Å². The minimum absolute atomic E-state index is 0.0998. The number of ether oxygens (including phenoxy) is 1. The monoisotopic (exact) mass is 155 g/mol. The third kappa shape index (κ3) is 1.95. The molecule has 0 bridgehead atoms. The van der Waals surface area contributed by atoms with E-state index < -0.39 is 0 Å². The van der Waals surface area contributed by atoms with Gasteiger partial charge in [0.25, 0.3) is 0 Å². The molecule has 1 unspecified atom stereocenters.